The second-order valence-electron chi connectivity index (χ2n) is 4.72. The number of nitrogen functional groups attached to an aromatic ring is 1. The molecule has 3 N–H and O–H groups in total. The second-order valence-corrected chi connectivity index (χ2v) is 4.72. The summed E-state index contributed by atoms with van der Waals surface area (Å²) in [6.07, 6.45) is 3.92. The van der Waals surface area contributed by atoms with E-state index < -0.39 is 0 Å². The van der Waals surface area contributed by atoms with Crippen LogP contribution in [-0.2, 0) is 4.74 Å². The van der Waals surface area contributed by atoms with Crippen molar-refractivity contribution in [3.05, 3.63) is 23.9 Å². The van der Waals surface area contributed by atoms with Crippen molar-refractivity contribution >= 4 is 11.7 Å². The van der Waals surface area contributed by atoms with Gasteiger partial charge in [-0.15, -0.1) is 0 Å². The number of nitrogens with zero attached hydrogens (tertiary/aromatic N) is 2. The van der Waals surface area contributed by atoms with Crippen LogP contribution in [0, 0.1) is 11.3 Å². The molecule has 5 heteroatoms. The minimum atomic E-state index is 0.0666. The molecule has 18 heavy (non-hydrogen) atoms. The fourth-order valence-corrected chi connectivity index (χ4v) is 2.31. The zero-order chi connectivity index (χ0) is 13.0. The van der Waals surface area contributed by atoms with Gasteiger partial charge in [0.2, 0.25) is 0 Å². The average molecular weight is 248 g/mol. The molecule has 2 rings (SSSR count). The smallest absolute Gasteiger partial charge is 0.139 e. The maximum atomic E-state index is 7.58. The average Bonchev–Trinajstić information content (AvgIpc) is 2.40. The van der Waals surface area contributed by atoms with Crippen molar-refractivity contribution in [2.45, 2.75) is 12.8 Å². The molecule has 0 aromatic carbocycles. The van der Waals surface area contributed by atoms with Gasteiger partial charge in [-0.05, 0) is 30.9 Å². The van der Waals surface area contributed by atoms with Crippen LogP contribution in [-0.4, -0.2) is 37.6 Å². The summed E-state index contributed by atoms with van der Waals surface area (Å²) in [5, 5.41) is 7.58. The van der Waals surface area contributed by atoms with E-state index in [0.29, 0.717) is 11.5 Å². The number of anilines is 1. The molecule has 98 valence electrons. The molecule has 1 aromatic heterocycles. The number of ether oxygens (including phenoxy) is 1. The normalized spacial score (nSPS) is 16.5. The van der Waals surface area contributed by atoms with E-state index in [1.807, 2.05) is 19.2 Å². The van der Waals surface area contributed by atoms with Gasteiger partial charge in [-0.2, -0.15) is 0 Å². The Morgan fingerprint density at radius 2 is 2.28 bits per heavy atom. The Bertz CT molecular complexity index is 415. The van der Waals surface area contributed by atoms with Gasteiger partial charge in [-0.1, -0.05) is 0 Å². The van der Waals surface area contributed by atoms with Crippen molar-refractivity contribution in [1.82, 2.24) is 4.98 Å². The molecule has 0 aliphatic carbocycles. The van der Waals surface area contributed by atoms with Crippen LogP contribution in [0.15, 0.2) is 18.3 Å². The van der Waals surface area contributed by atoms with Gasteiger partial charge in [0.05, 0.1) is 5.56 Å². The highest BCUT2D eigenvalue weighted by Crippen LogP contribution is 2.20. The topological polar surface area (TPSA) is 75.2 Å². The lowest BCUT2D eigenvalue weighted by Gasteiger charge is -2.28. The Balaban J connectivity index is 2.08. The van der Waals surface area contributed by atoms with Crippen molar-refractivity contribution in [1.29, 1.82) is 5.41 Å². The predicted molar refractivity (Wildman–Crippen MR) is 72.1 cm³/mol. The van der Waals surface area contributed by atoms with E-state index in [-0.39, 0.29) is 5.84 Å². The van der Waals surface area contributed by atoms with E-state index in [2.05, 4.69) is 9.88 Å². The molecule has 0 spiro atoms. The lowest BCUT2D eigenvalue weighted by Crippen LogP contribution is -2.31. The maximum absolute atomic E-state index is 7.58. The number of rotatable bonds is 4. The summed E-state index contributed by atoms with van der Waals surface area (Å²) in [6.45, 7) is 2.63. The van der Waals surface area contributed by atoms with Crippen LogP contribution >= 0.6 is 0 Å². The maximum Gasteiger partial charge on any atom is 0.139 e. The van der Waals surface area contributed by atoms with Crippen molar-refractivity contribution in [3.63, 3.8) is 0 Å². The van der Waals surface area contributed by atoms with Crippen LogP contribution in [0.5, 0.6) is 0 Å². The number of aromatic nitrogens is 1. The largest absolute Gasteiger partial charge is 0.384 e. The number of nitrogens with two attached hydrogens (primary N) is 1. The molecule has 5 nitrogen and oxygen atoms in total. The summed E-state index contributed by atoms with van der Waals surface area (Å²) in [4.78, 5) is 6.43. The fourth-order valence-electron chi connectivity index (χ4n) is 2.31. The zero-order valence-corrected chi connectivity index (χ0v) is 10.7. The standard InChI is InChI=1S/C13H20N4O/c1-17(9-10-4-7-18-8-5-10)13-11(12(14)15)3-2-6-16-13/h2-3,6,10H,4-5,7-9H2,1H3,(H3,14,15). The molecule has 0 atom stereocenters. The number of hydrogen-bond acceptors (Lipinski definition) is 4. The SMILES string of the molecule is CN(CC1CCOCC1)c1ncccc1C(=N)N. The first kappa shape index (κ1) is 12.8. The summed E-state index contributed by atoms with van der Waals surface area (Å²) < 4.78 is 5.36. The number of nitrogens with one attached hydrogen (secondary N) is 1. The van der Waals surface area contributed by atoms with Crippen LogP contribution in [0.1, 0.15) is 18.4 Å². The van der Waals surface area contributed by atoms with E-state index in [4.69, 9.17) is 15.9 Å². The summed E-state index contributed by atoms with van der Waals surface area (Å²) in [6, 6.07) is 3.65. The van der Waals surface area contributed by atoms with Gasteiger partial charge in [0.15, 0.2) is 0 Å². The highest BCUT2D eigenvalue weighted by Gasteiger charge is 2.18. The molecule has 1 aliphatic heterocycles. The Morgan fingerprint density at radius 3 is 2.94 bits per heavy atom. The molecule has 1 aliphatic rings. The molecule has 0 amide bonds. The predicted octanol–water partition coefficient (Wildman–Crippen LogP) is 1.23. The second kappa shape index (κ2) is 5.82. The van der Waals surface area contributed by atoms with Gasteiger partial charge in [0.25, 0.3) is 0 Å². The van der Waals surface area contributed by atoms with Crippen LogP contribution in [0.3, 0.4) is 0 Å². The molecule has 0 bridgehead atoms. The third kappa shape index (κ3) is 2.98. The van der Waals surface area contributed by atoms with E-state index in [0.717, 1.165) is 38.4 Å². The van der Waals surface area contributed by atoms with Crippen molar-refractivity contribution < 1.29 is 4.74 Å². The molecule has 1 fully saturated rings. The Hall–Kier alpha value is -1.62. The summed E-state index contributed by atoms with van der Waals surface area (Å²) >= 11 is 0. The van der Waals surface area contributed by atoms with Crippen LogP contribution < -0.4 is 10.6 Å². The summed E-state index contributed by atoms with van der Waals surface area (Å²) in [5.41, 5.74) is 6.28. The first-order valence-electron chi connectivity index (χ1n) is 6.26. The van der Waals surface area contributed by atoms with Gasteiger partial charge >= 0.3 is 0 Å². The lowest BCUT2D eigenvalue weighted by atomic mass is 10.00. The number of pyridine rings is 1. The van der Waals surface area contributed by atoms with E-state index in [9.17, 15) is 0 Å². The quantitative estimate of drug-likeness (QED) is 0.620. The van der Waals surface area contributed by atoms with Crippen molar-refractivity contribution in [2.24, 2.45) is 11.7 Å². The van der Waals surface area contributed by atoms with Crippen LogP contribution in [0.4, 0.5) is 5.82 Å². The zero-order valence-electron chi connectivity index (χ0n) is 10.7. The van der Waals surface area contributed by atoms with Gasteiger partial charge in [0.1, 0.15) is 11.7 Å². The van der Waals surface area contributed by atoms with Gasteiger partial charge in [0, 0.05) is 33.0 Å². The number of amidine groups is 1. The monoisotopic (exact) mass is 248 g/mol. The van der Waals surface area contributed by atoms with Crippen LogP contribution in [0.2, 0.25) is 0 Å². The third-order valence-corrected chi connectivity index (χ3v) is 3.31. The molecule has 0 saturated carbocycles. The molecule has 0 unspecified atom stereocenters. The lowest BCUT2D eigenvalue weighted by molar-refractivity contribution is 0.0685. The number of hydrogen-bond donors (Lipinski definition) is 2. The van der Waals surface area contributed by atoms with E-state index in [1.165, 1.54) is 0 Å². The Morgan fingerprint density at radius 1 is 1.56 bits per heavy atom. The molecule has 1 saturated heterocycles. The molecular formula is C13H20N4O. The van der Waals surface area contributed by atoms with E-state index >= 15 is 0 Å². The van der Waals surface area contributed by atoms with Gasteiger partial charge in [-0.3, -0.25) is 5.41 Å². The van der Waals surface area contributed by atoms with Crippen molar-refractivity contribution in [3.8, 4) is 0 Å². The summed E-state index contributed by atoms with van der Waals surface area (Å²) in [5.74, 6) is 1.49. The molecule has 2 heterocycles. The highest BCUT2D eigenvalue weighted by atomic mass is 16.5. The van der Waals surface area contributed by atoms with Crippen LogP contribution in [0.25, 0.3) is 0 Å². The third-order valence-electron chi connectivity index (χ3n) is 3.31. The van der Waals surface area contributed by atoms with Crippen molar-refractivity contribution in [2.75, 3.05) is 31.7 Å². The summed E-state index contributed by atoms with van der Waals surface area (Å²) in [7, 11) is 2.00. The molecule has 0 radical (unpaired) electrons. The van der Waals surface area contributed by atoms with Gasteiger partial charge < -0.3 is 15.4 Å². The van der Waals surface area contributed by atoms with Gasteiger partial charge in [-0.25, -0.2) is 4.98 Å². The first-order chi connectivity index (χ1) is 8.68. The molecular weight excluding hydrogens is 228 g/mol. The first-order valence-corrected chi connectivity index (χ1v) is 6.26. The Kier molecular flexibility index (Phi) is 4.15. The minimum absolute atomic E-state index is 0.0666. The van der Waals surface area contributed by atoms with E-state index in [1.54, 1.807) is 6.20 Å². The molecule has 1 aromatic rings. The minimum Gasteiger partial charge on any atom is -0.384 e. The highest BCUT2D eigenvalue weighted by molar-refractivity contribution is 5.99. The Labute approximate surface area is 107 Å². The fraction of sp³-hybridized carbons (Fsp3) is 0.538.